The Morgan fingerprint density at radius 3 is 2.34 bits per heavy atom. The van der Waals surface area contributed by atoms with Gasteiger partial charge in [-0.3, -0.25) is 14.8 Å². The van der Waals surface area contributed by atoms with Gasteiger partial charge in [-0.05, 0) is 54.5 Å². The lowest BCUT2D eigenvalue weighted by Crippen LogP contribution is -2.54. The van der Waals surface area contributed by atoms with Crippen LogP contribution in [0.3, 0.4) is 0 Å². The first-order valence-electron chi connectivity index (χ1n) is 8.93. The van der Waals surface area contributed by atoms with Gasteiger partial charge in [0.2, 0.25) is 0 Å². The van der Waals surface area contributed by atoms with Crippen molar-refractivity contribution in [2.24, 2.45) is 5.73 Å². The van der Waals surface area contributed by atoms with E-state index < -0.39 is 23.9 Å². The van der Waals surface area contributed by atoms with Crippen molar-refractivity contribution >= 4 is 17.9 Å². The summed E-state index contributed by atoms with van der Waals surface area (Å²) < 4.78 is 0. The molecule has 7 heteroatoms. The van der Waals surface area contributed by atoms with Crippen molar-refractivity contribution in [1.82, 2.24) is 10.8 Å². The van der Waals surface area contributed by atoms with Crippen LogP contribution in [0.4, 0.5) is 0 Å². The summed E-state index contributed by atoms with van der Waals surface area (Å²) in [5.74, 6) is 4.62. The predicted molar refractivity (Wildman–Crippen MR) is 110 cm³/mol. The zero-order valence-electron chi connectivity index (χ0n) is 15.9. The van der Waals surface area contributed by atoms with Gasteiger partial charge in [0.05, 0.1) is 6.61 Å². The third-order valence-electron chi connectivity index (χ3n) is 4.09. The highest BCUT2D eigenvalue weighted by Crippen LogP contribution is 2.07. The van der Waals surface area contributed by atoms with E-state index in [1.54, 1.807) is 37.3 Å². The highest BCUT2D eigenvalue weighted by molar-refractivity contribution is 5.97. The Morgan fingerprint density at radius 2 is 1.79 bits per heavy atom. The number of aliphatic hydroxyl groups excluding tert-OH is 1. The summed E-state index contributed by atoms with van der Waals surface area (Å²) in [4.78, 5) is 23.8. The van der Waals surface area contributed by atoms with Crippen molar-refractivity contribution in [3.8, 4) is 11.8 Å². The first-order chi connectivity index (χ1) is 13.9. The topological polar surface area (TPSA) is 125 Å². The van der Waals surface area contributed by atoms with Gasteiger partial charge < -0.3 is 16.2 Å². The number of hydrogen-bond donors (Lipinski definition) is 5. The molecule has 0 saturated heterocycles. The van der Waals surface area contributed by atoms with E-state index in [0.29, 0.717) is 5.56 Å². The number of allylic oxidation sites excluding steroid dienone is 1. The van der Waals surface area contributed by atoms with Crippen LogP contribution < -0.4 is 16.5 Å². The predicted octanol–water partition coefficient (Wildman–Crippen LogP) is 1.19. The molecule has 0 bridgehead atoms. The van der Waals surface area contributed by atoms with Crippen LogP contribution in [0.25, 0.3) is 6.08 Å². The number of carbonyl (C=O) groups is 2. The van der Waals surface area contributed by atoms with Gasteiger partial charge in [0.15, 0.2) is 0 Å². The van der Waals surface area contributed by atoms with Crippen molar-refractivity contribution in [2.45, 2.75) is 25.6 Å². The van der Waals surface area contributed by atoms with E-state index in [4.69, 9.17) is 16.0 Å². The molecular weight excluding hydrogens is 370 g/mol. The molecule has 2 amide bonds. The highest BCUT2D eigenvalue weighted by atomic mass is 16.5. The largest absolute Gasteiger partial charge is 0.392 e. The maximum absolute atomic E-state index is 12.3. The van der Waals surface area contributed by atoms with Crippen LogP contribution in [0.2, 0.25) is 0 Å². The van der Waals surface area contributed by atoms with Crippen molar-refractivity contribution < 1.29 is 19.9 Å². The summed E-state index contributed by atoms with van der Waals surface area (Å²) in [5, 5.41) is 20.2. The molecule has 7 nitrogen and oxygen atoms in total. The van der Waals surface area contributed by atoms with Crippen molar-refractivity contribution in [3.63, 3.8) is 0 Å². The second-order valence-electron chi connectivity index (χ2n) is 6.37. The second kappa shape index (κ2) is 10.8. The number of nitrogens with two attached hydrogens (primary N) is 1. The lowest BCUT2D eigenvalue weighted by molar-refractivity contribution is -0.131. The minimum absolute atomic E-state index is 0.0123. The Labute approximate surface area is 169 Å². The number of nitrogens with one attached hydrogen (secondary N) is 2. The van der Waals surface area contributed by atoms with Crippen LogP contribution in [-0.2, 0) is 11.4 Å². The number of carbonyl (C=O) groups excluding carboxylic acids is 2. The van der Waals surface area contributed by atoms with Gasteiger partial charge in [-0.25, -0.2) is 5.48 Å². The molecule has 0 heterocycles. The molecule has 0 fully saturated rings. The third kappa shape index (κ3) is 6.59. The van der Waals surface area contributed by atoms with Gasteiger partial charge in [-0.2, -0.15) is 0 Å². The molecule has 0 spiro atoms. The van der Waals surface area contributed by atoms with E-state index in [9.17, 15) is 9.59 Å². The number of rotatable bonds is 6. The van der Waals surface area contributed by atoms with Crippen molar-refractivity contribution in [2.75, 3.05) is 0 Å². The summed E-state index contributed by atoms with van der Waals surface area (Å²) in [6.45, 7) is 1.56. The van der Waals surface area contributed by atoms with E-state index in [-0.39, 0.29) is 6.61 Å². The van der Waals surface area contributed by atoms with Gasteiger partial charge in [0.1, 0.15) is 6.04 Å². The number of hydrogen-bond acceptors (Lipinski definition) is 5. The molecule has 2 atom stereocenters. The monoisotopic (exact) mass is 393 g/mol. The minimum atomic E-state index is -1.05. The molecule has 0 aliphatic rings. The highest BCUT2D eigenvalue weighted by Gasteiger charge is 2.24. The maximum Gasteiger partial charge on any atom is 0.267 e. The van der Waals surface area contributed by atoms with Gasteiger partial charge in [0.25, 0.3) is 11.8 Å². The standard InChI is InChI=1S/C22H23N3O4/c1-15(23)20(22(28)25-29)24-21(27)19-12-10-17(11-13-19)5-3-2-4-16-6-8-18(14-26)9-7-16/h2,4,6-13,15,20,26,29H,14,23H2,1H3,(H,24,27)(H,25,28)/b4-2+/t15-,20+/m1/s1. The van der Waals surface area contributed by atoms with E-state index in [0.717, 1.165) is 16.7 Å². The second-order valence-corrected chi connectivity index (χ2v) is 6.37. The van der Waals surface area contributed by atoms with E-state index in [2.05, 4.69) is 17.2 Å². The molecule has 2 aromatic carbocycles. The van der Waals surface area contributed by atoms with Crippen LogP contribution in [0, 0.1) is 11.8 Å². The summed E-state index contributed by atoms with van der Waals surface area (Å²) >= 11 is 0. The minimum Gasteiger partial charge on any atom is -0.392 e. The van der Waals surface area contributed by atoms with Crippen LogP contribution in [-0.4, -0.2) is 34.2 Å². The molecule has 0 saturated carbocycles. The average Bonchev–Trinajstić information content (AvgIpc) is 2.75. The lowest BCUT2D eigenvalue weighted by Gasteiger charge is -2.19. The molecule has 29 heavy (non-hydrogen) atoms. The van der Waals surface area contributed by atoms with Crippen LogP contribution in [0.1, 0.15) is 34.0 Å². The molecule has 0 aliphatic carbocycles. The fraction of sp³-hybridized carbons (Fsp3) is 0.182. The SMILES string of the molecule is C[C@@H](N)[C@H](NC(=O)c1ccc(C#C/C=C/c2ccc(CO)cc2)cc1)C(=O)NO. The Hall–Kier alpha value is -3.44. The number of benzene rings is 2. The molecule has 0 aliphatic heterocycles. The van der Waals surface area contributed by atoms with Gasteiger partial charge in [-0.1, -0.05) is 36.1 Å². The van der Waals surface area contributed by atoms with E-state index >= 15 is 0 Å². The Bertz CT molecular complexity index is 923. The van der Waals surface area contributed by atoms with Crippen LogP contribution >= 0.6 is 0 Å². The zero-order valence-corrected chi connectivity index (χ0v) is 15.9. The van der Waals surface area contributed by atoms with Crippen molar-refractivity contribution in [1.29, 1.82) is 0 Å². The number of hydroxylamine groups is 1. The maximum atomic E-state index is 12.3. The molecule has 2 aromatic rings. The van der Waals surface area contributed by atoms with Gasteiger partial charge >= 0.3 is 0 Å². The molecule has 150 valence electrons. The Morgan fingerprint density at radius 1 is 1.14 bits per heavy atom. The third-order valence-corrected chi connectivity index (χ3v) is 4.09. The normalized spacial score (nSPS) is 12.6. The quantitative estimate of drug-likeness (QED) is 0.286. The summed E-state index contributed by atoms with van der Waals surface area (Å²) in [5.41, 5.74) is 10.0. The average molecular weight is 393 g/mol. The van der Waals surface area contributed by atoms with Crippen LogP contribution in [0.5, 0.6) is 0 Å². The smallest absolute Gasteiger partial charge is 0.267 e. The van der Waals surface area contributed by atoms with Crippen molar-refractivity contribution in [3.05, 3.63) is 76.9 Å². The van der Waals surface area contributed by atoms with E-state index in [1.165, 1.54) is 5.48 Å². The molecular formula is C22H23N3O4. The van der Waals surface area contributed by atoms with Crippen LogP contribution in [0.15, 0.2) is 54.6 Å². The van der Waals surface area contributed by atoms with Gasteiger partial charge in [-0.15, -0.1) is 0 Å². The Balaban J connectivity index is 1.99. The Kier molecular flexibility index (Phi) is 8.12. The number of amides is 2. The zero-order chi connectivity index (χ0) is 21.2. The fourth-order valence-electron chi connectivity index (χ4n) is 2.43. The molecule has 0 aromatic heterocycles. The summed E-state index contributed by atoms with van der Waals surface area (Å²) in [6, 6.07) is 12.3. The molecule has 2 rings (SSSR count). The first kappa shape index (κ1) is 21.9. The summed E-state index contributed by atoms with van der Waals surface area (Å²) in [6.07, 6.45) is 3.58. The van der Waals surface area contributed by atoms with Gasteiger partial charge in [0, 0.05) is 17.2 Å². The molecule has 0 unspecified atom stereocenters. The fourth-order valence-corrected chi connectivity index (χ4v) is 2.43. The molecule has 0 radical (unpaired) electrons. The molecule has 6 N–H and O–H groups in total. The summed E-state index contributed by atoms with van der Waals surface area (Å²) in [7, 11) is 0. The van der Waals surface area contributed by atoms with E-state index in [1.807, 2.05) is 30.3 Å². The first-order valence-corrected chi connectivity index (χ1v) is 8.93. The lowest BCUT2D eigenvalue weighted by atomic mass is 10.1. The number of aliphatic hydroxyl groups is 1.